The van der Waals surface area contributed by atoms with Crippen molar-refractivity contribution in [3.05, 3.63) is 81.8 Å². The summed E-state index contributed by atoms with van der Waals surface area (Å²) in [4.78, 5) is 17.6. The number of aromatic nitrogens is 2. The highest BCUT2D eigenvalue weighted by molar-refractivity contribution is 6.36. The molecule has 0 saturated heterocycles. The third kappa shape index (κ3) is 4.00. The van der Waals surface area contributed by atoms with Crippen LogP contribution in [0.25, 0.3) is 22.4 Å². The molecule has 1 N–H and O–H groups in total. The molecule has 1 amide bonds. The normalized spacial score (nSPS) is 11.0. The molecule has 0 saturated carbocycles. The zero-order valence-electron chi connectivity index (χ0n) is 16.0. The van der Waals surface area contributed by atoms with Gasteiger partial charge in [-0.05, 0) is 61.4 Å². The fourth-order valence-corrected chi connectivity index (χ4v) is 3.81. The molecule has 146 valence electrons. The highest BCUT2D eigenvalue weighted by atomic mass is 35.5. The Morgan fingerprint density at radius 2 is 1.83 bits per heavy atom. The second kappa shape index (κ2) is 7.90. The smallest absolute Gasteiger partial charge is 0.244 e. The molecule has 0 atom stereocenters. The number of benzene rings is 3. The van der Waals surface area contributed by atoms with Crippen LogP contribution >= 0.6 is 23.2 Å². The maximum absolute atomic E-state index is 12.9. The molecule has 0 fully saturated rings. The van der Waals surface area contributed by atoms with Gasteiger partial charge in [-0.1, -0.05) is 47.5 Å². The number of rotatable bonds is 4. The van der Waals surface area contributed by atoms with E-state index >= 15 is 0 Å². The van der Waals surface area contributed by atoms with Gasteiger partial charge in [-0.2, -0.15) is 0 Å². The number of aryl methyl sites for hydroxylation is 2. The zero-order valence-corrected chi connectivity index (χ0v) is 17.6. The number of nitrogens with zero attached hydrogens (tertiary/aromatic N) is 2. The number of hydrogen-bond acceptors (Lipinski definition) is 2. The number of halogens is 2. The van der Waals surface area contributed by atoms with E-state index in [2.05, 4.69) is 5.32 Å². The summed E-state index contributed by atoms with van der Waals surface area (Å²) in [5, 5.41) is 4.05. The molecule has 0 aliphatic carbocycles. The Morgan fingerprint density at radius 3 is 2.62 bits per heavy atom. The van der Waals surface area contributed by atoms with E-state index in [9.17, 15) is 4.79 Å². The lowest BCUT2D eigenvalue weighted by atomic mass is 10.1. The van der Waals surface area contributed by atoms with E-state index in [-0.39, 0.29) is 12.5 Å². The number of hydrogen-bond donors (Lipinski definition) is 1. The van der Waals surface area contributed by atoms with Crippen molar-refractivity contribution in [2.75, 3.05) is 5.32 Å². The van der Waals surface area contributed by atoms with Gasteiger partial charge < -0.3 is 9.88 Å². The summed E-state index contributed by atoms with van der Waals surface area (Å²) in [5.74, 6) is 0.497. The van der Waals surface area contributed by atoms with Crippen molar-refractivity contribution in [3.63, 3.8) is 0 Å². The van der Waals surface area contributed by atoms with Crippen LogP contribution in [0.3, 0.4) is 0 Å². The molecule has 1 aromatic heterocycles. The minimum Gasteiger partial charge on any atom is -0.324 e. The molecule has 0 bridgehead atoms. The third-order valence-corrected chi connectivity index (χ3v) is 5.34. The third-order valence-electron chi connectivity index (χ3n) is 4.80. The van der Waals surface area contributed by atoms with Gasteiger partial charge in [0.2, 0.25) is 5.91 Å². The second-order valence-electron chi connectivity index (χ2n) is 7.00. The Bertz CT molecular complexity index is 1230. The van der Waals surface area contributed by atoms with Crippen molar-refractivity contribution < 1.29 is 4.79 Å². The molecular formula is C23H19Cl2N3O. The van der Waals surface area contributed by atoms with E-state index in [1.165, 1.54) is 0 Å². The largest absolute Gasteiger partial charge is 0.324 e. The number of imidazole rings is 1. The van der Waals surface area contributed by atoms with Gasteiger partial charge in [0.1, 0.15) is 12.4 Å². The molecule has 29 heavy (non-hydrogen) atoms. The molecule has 0 radical (unpaired) electrons. The average Bonchev–Trinajstić information content (AvgIpc) is 3.03. The first kappa shape index (κ1) is 19.5. The van der Waals surface area contributed by atoms with Gasteiger partial charge in [0.05, 0.1) is 16.1 Å². The van der Waals surface area contributed by atoms with Gasteiger partial charge in [-0.25, -0.2) is 4.98 Å². The van der Waals surface area contributed by atoms with E-state index in [4.69, 9.17) is 28.2 Å². The number of fused-ring (bicyclic) bond motifs is 1. The molecule has 0 spiro atoms. The average molecular weight is 424 g/mol. The van der Waals surface area contributed by atoms with Crippen molar-refractivity contribution in [1.82, 2.24) is 9.55 Å². The van der Waals surface area contributed by atoms with Crippen molar-refractivity contribution in [2.45, 2.75) is 20.4 Å². The fourth-order valence-electron chi connectivity index (χ4n) is 3.32. The molecule has 0 unspecified atom stereocenters. The minimum atomic E-state index is -0.131. The standard InChI is InChI=1S/C23H19Cl2N3O/c1-14-7-8-15(2)20(11-14)26-22(29)13-28-21-6-4-3-5-19(21)27-23(28)17-10-9-16(24)12-18(17)25/h3-12H,13H2,1-2H3,(H,26,29). The van der Waals surface area contributed by atoms with E-state index in [0.717, 1.165) is 33.4 Å². The quantitative estimate of drug-likeness (QED) is 0.420. The van der Waals surface area contributed by atoms with Gasteiger partial charge >= 0.3 is 0 Å². The Labute approximate surface area is 179 Å². The van der Waals surface area contributed by atoms with E-state index in [0.29, 0.717) is 15.9 Å². The van der Waals surface area contributed by atoms with Crippen LogP contribution in [0.2, 0.25) is 10.0 Å². The van der Waals surface area contributed by atoms with E-state index in [1.807, 2.05) is 66.9 Å². The Hall–Kier alpha value is -2.82. The number of carbonyl (C=O) groups is 1. The molecule has 4 aromatic rings. The molecule has 4 rings (SSSR count). The molecule has 3 aromatic carbocycles. The van der Waals surface area contributed by atoms with Crippen LogP contribution < -0.4 is 5.32 Å². The summed E-state index contributed by atoms with van der Waals surface area (Å²) in [7, 11) is 0. The second-order valence-corrected chi connectivity index (χ2v) is 7.84. The predicted molar refractivity (Wildman–Crippen MR) is 120 cm³/mol. The number of amides is 1. The lowest BCUT2D eigenvalue weighted by molar-refractivity contribution is -0.116. The minimum absolute atomic E-state index is 0.113. The van der Waals surface area contributed by atoms with Gasteiger partial charge in [-0.3, -0.25) is 4.79 Å². The molecule has 1 heterocycles. The van der Waals surface area contributed by atoms with Crippen LogP contribution in [-0.2, 0) is 11.3 Å². The molecule has 0 aliphatic heterocycles. The Kier molecular flexibility index (Phi) is 5.31. The van der Waals surface area contributed by atoms with Gasteiger partial charge in [0, 0.05) is 16.3 Å². The highest BCUT2D eigenvalue weighted by Gasteiger charge is 2.18. The number of carbonyl (C=O) groups excluding carboxylic acids is 1. The fraction of sp³-hybridized carbons (Fsp3) is 0.130. The van der Waals surface area contributed by atoms with Crippen molar-refractivity contribution >= 4 is 45.8 Å². The number of anilines is 1. The topological polar surface area (TPSA) is 46.9 Å². The van der Waals surface area contributed by atoms with E-state index < -0.39 is 0 Å². The Balaban J connectivity index is 1.74. The number of nitrogens with one attached hydrogen (secondary N) is 1. The summed E-state index contributed by atoms with van der Waals surface area (Å²) in [6.07, 6.45) is 0. The summed E-state index contributed by atoms with van der Waals surface area (Å²) < 4.78 is 1.88. The van der Waals surface area contributed by atoms with Gasteiger partial charge in [0.25, 0.3) is 0 Å². The van der Waals surface area contributed by atoms with Crippen LogP contribution in [0, 0.1) is 13.8 Å². The zero-order chi connectivity index (χ0) is 20.5. The highest BCUT2D eigenvalue weighted by Crippen LogP contribution is 2.32. The summed E-state index contributed by atoms with van der Waals surface area (Å²) >= 11 is 12.5. The van der Waals surface area contributed by atoms with Crippen LogP contribution in [0.5, 0.6) is 0 Å². The van der Waals surface area contributed by atoms with Gasteiger partial charge in [0.15, 0.2) is 0 Å². The first-order chi connectivity index (χ1) is 13.9. The lowest BCUT2D eigenvalue weighted by Gasteiger charge is -2.13. The SMILES string of the molecule is Cc1ccc(C)c(NC(=O)Cn2c(-c3ccc(Cl)cc3Cl)nc3ccccc32)c1. The summed E-state index contributed by atoms with van der Waals surface area (Å²) in [5.41, 5.74) is 5.31. The molecule has 0 aliphatic rings. The monoisotopic (exact) mass is 423 g/mol. The maximum Gasteiger partial charge on any atom is 0.244 e. The summed E-state index contributed by atoms with van der Waals surface area (Å²) in [6.45, 7) is 4.09. The van der Waals surface area contributed by atoms with E-state index in [1.54, 1.807) is 12.1 Å². The van der Waals surface area contributed by atoms with Crippen molar-refractivity contribution in [2.24, 2.45) is 0 Å². The van der Waals surface area contributed by atoms with Crippen LogP contribution in [0.4, 0.5) is 5.69 Å². The van der Waals surface area contributed by atoms with Crippen LogP contribution in [0.1, 0.15) is 11.1 Å². The molecular weight excluding hydrogens is 405 g/mol. The Morgan fingerprint density at radius 1 is 1.03 bits per heavy atom. The first-order valence-corrected chi connectivity index (χ1v) is 9.96. The van der Waals surface area contributed by atoms with Crippen molar-refractivity contribution in [1.29, 1.82) is 0 Å². The molecule has 6 heteroatoms. The molecule has 4 nitrogen and oxygen atoms in total. The summed E-state index contributed by atoms with van der Waals surface area (Å²) in [6, 6.07) is 19.0. The van der Waals surface area contributed by atoms with Gasteiger partial charge in [-0.15, -0.1) is 0 Å². The van der Waals surface area contributed by atoms with Crippen molar-refractivity contribution in [3.8, 4) is 11.4 Å². The maximum atomic E-state index is 12.9. The first-order valence-electron chi connectivity index (χ1n) is 9.20. The lowest BCUT2D eigenvalue weighted by Crippen LogP contribution is -2.20. The number of para-hydroxylation sites is 2. The van der Waals surface area contributed by atoms with Crippen LogP contribution in [0.15, 0.2) is 60.7 Å². The predicted octanol–water partition coefficient (Wildman–Crippen LogP) is 6.27. The van der Waals surface area contributed by atoms with Crippen LogP contribution in [-0.4, -0.2) is 15.5 Å².